The van der Waals surface area contributed by atoms with Crippen molar-refractivity contribution in [1.29, 1.82) is 0 Å². The van der Waals surface area contributed by atoms with E-state index in [9.17, 15) is 14.4 Å². The summed E-state index contributed by atoms with van der Waals surface area (Å²) in [7, 11) is 1.31. The number of hydrogen-bond donors (Lipinski definition) is 1. The molecule has 1 aliphatic heterocycles. The van der Waals surface area contributed by atoms with Crippen molar-refractivity contribution < 1.29 is 19.1 Å². The topological polar surface area (TPSA) is 88.1 Å². The molecule has 19 heavy (non-hydrogen) atoms. The Kier molecular flexibility index (Phi) is 4.93. The highest BCUT2D eigenvalue weighted by molar-refractivity contribution is 8.15. The molecule has 1 rings (SSSR count). The first kappa shape index (κ1) is 15.5. The van der Waals surface area contributed by atoms with Crippen LogP contribution in [0.15, 0.2) is 5.10 Å². The van der Waals surface area contributed by atoms with Crippen molar-refractivity contribution in [2.75, 3.05) is 7.11 Å². The maximum atomic E-state index is 11.6. The maximum absolute atomic E-state index is 11.6. The van der Waals surface area contributed by atoms with E-state index in [4.69, 9.17) is 0 Å². The second-order valence-corrected chi connectivity index (χ2v) is 5.74. The standard InChI is InChI=1S/C11H17N3O4S/c1-7(15)12-10-13-14(8(2)16)11(3,19-10)6-5-9(17)18-4/h5-6H2,1-4H3,(H,12,13,15)/t11-/m1/s1. The number of hydrogen-bond acceptors (Lipinski definition) is 6. The Bertz CT molecular complexity index is 438. The van der Waals surface area contributed by atoms with E-state index < -0.39 is 4.87 Å². The average molecular weight is 287 g/mol. The fourth-order valence-electron chi connectivity index (χ4n) is 1.67. The van der Waals surface area contributed by atoms with Crippen LogP contribution in [-0.2, 0) is 19.1 Å². The molecule has 0 aromatic carbocycles. The molecule has 8 heteroatoms. The lowest BCUT2D eigenvalue weighted by atomic mass is 10.1. The van der Waals surface area contributed by atoms with Gasteiger partial charge in [0.1, 0.15) is 4.87 Å². The lowest BCUT2D eigenvalue weighted by molar-refractivity contribution is -0.142. The van der Waals surface area contributed by atoms with E-state index in [-0.39, 0.29) is 24.2 Å². The Morgan fingerprint density at radius 1 is 1.42 bits per heavy atom. The second-order valence-electron chi connectivity index (χ2n) is 4.27. The monoisotopic (exact) mass is 287 g/mol. The van der Waals surface area contributed by atoms with Gasteiger partial charge in [-0.1, -0.05) is 11.8 Å². The number of esters is 1. The Hall–Kier alpha value is -1.57. The molecule has 106 valence electrons. The summed E-state index contributed by atoms with van der Waals surface area (Å²) in [6.45, 7) is 4.54. The highest BCUT2D eigenvalue weighted by atomic mass is 32.2. The Labute approximate surface area is 115 Å². The van der Waals surface area contributed by atoms with Crippen LogP contribution in [0.2, 0.25) is 0 Å². The number of amides is 2. The molecular formula is C11H17N3O4S. The van der Waals surface area contributed by atoms with Crippen molar-refractivity contribution in [3.05, 3.63) is 0 Å². The molecule has 0 aromatic rings. The largest absolute Gasteiger partial charge is 0.469 e. The predicted octanol–water partition coefficient (Wildman–Crippen LogP) is 0.658. The summed E-state index contributed by atoms with van der Waals surface area (Å²) < 4.78 is 4.58. The van der Waals surface area contributed by atoms with Gasteiger partial charge >= 0.3 is 5.97 Å². The number of thioether (sulfide) groups is 1. The minimum atomic E-state index is -0.697. The lowest BCUT2D eigenvalue weighted by Gasteiger charge is -2.30. The smallest absolute Gasteiger partial charge is 0.305 e. The van der Waals surface area contributed by atoms with E-state index in [1.54, 1.807) is 6.92 Å². The summed E-state index contributed by atoms with van der Waals surface area (Å²) in [6, 6.07) is 0. The van der Waals surface area contributed by atoms with Crippen LogP contribution in [0.1, 0.15) is 33.6 Å². The van der Waals surface area contributed by atoms with E-state index in [0.29, 0.717) is 11.6 Å². The number of carbonyl (C=O) groups excluding carboxylic acids is 3. The highest BCUT2D eigenvalue weighted by Crippen LogP contribution is 2.39. The first-order valence-electron chi connectivity index (χ1n) is 5.71. The minimum absolute atomic E-state index is 0.173. The van der Waals surface area contributed by atoms with E-state index >= 15 is 0 Å². The molecule has 0 unspecified atom stereocenters. The third kappa shape index (κ3) is 3.95. The summed E-state index contributed by atoms with van der Waals surface area (Å²) >= 11 is 1.25. The zero-order valence-corrected chi connectivity index (χ0v) is 12.2. The van der Waals surface area contributed by atoms with Crippen molar-refractivity contribution in [2.45, 2.75) is 38.5 Å². The van der Waals surface area contributed by atoms with Crippen molar-refractivity contribution in [3.8, 4) is 0 Å². The van der Waals surface area contributed by atoms with Gasteiger partial charge in [-0.3, -0.25) is 14.4 Å². The molecule has 1 heterocycles. The van der Waals surface area contributed by atoms with Gasteiger partial charge in [0, 0.05) is 20.3 Å². The molecule has 0 radical (unpaired) electrons. The molecule has 1 aliphatic rings. The van der Waals surface area contributed by atoms with Gasteiger partial charge < -0.3 is 10.1 Å². The third-order valence-electron chi connectivity index (χ3n) is 2.56. The molecule has 0 saturated heterocycles. The van der Waals surface area contributed by atoms with Crippen LogP contribution in [0.25, 0.3) is 0 Å². The first-order valence-corrected chi connectivity index (χ1v) is 6.53. The summed E-state index contributed by atoms with van der Waals surface area (Å²) in [5, 5.41) is 8.25. The first-order chi connectivity index (χ1) is 8.78. The molecule has 0 bridgehead atoms. The van der Waals surface area contributed by atoms with Crippen LogP contribution < -0.4 is 5.32 Å². The molecule has 0 saturated carbocycles. The van der Waals surface area contributed by atoms with Crippen molar-refractivity contribution in [1.82, 2.24) is 10.3 Å². The van der Waals surface area contributed by atoms with Gasteiger partial charge in [-0.15, -0.1) is 5.10 Å². The Morgan fingerprint density at radius 3 is 2.53 bits per heavy atom. The van der Waals surface area contributed by atoms with Crippen molar-refractivity contribution in [2.24, 2.45) is 5.10 Å². The number of methoxy groups -OCH3 is 1. The Balaban J connectivity index is 2.79. The quantitative estimate of drug-likeness (QED) is 0.770. The van der Waals surface area contributed by atoms with Crippen LogP contribution >= 0.6 is 11.8 Å². The van der Waals surface area contributed by atoms with Gasteiger partial charge in [0.05, 0.1) is 7.11 Å². The van der Waals surface area contributed by atoms with E-state index in [0.717, 1.165) is 0 Å². The molecule has 7 nitrogen and oxygen atoms in total. The van der Waals surface area contributed by atoms with Gasteiger partial charge in [-0.05, 0) is 13.3 Å². The molecule has 0 aliphatic carbocycles. The lowest BCUT2D eigenvalue weighted by Crippen LogP contribution is -2.40. The van der Waals surface area contributed by atoms with Crippen LogP contribution in [0.3, 0.4) is 0 Å². The SMILES string of the molecule is COC(=O)CC[C@@]1(C)SC(NC(C)=O)=NN1C(C)=O. The van der Waals surface area contributed by atoms with E-state index in [2.05, 4.69) is 15.2 Å². The zero-order valence-electron chi connectivity index (χ0n) is 11.3. The highest BCUT2D eigenvalue weighted by Gasteiger charge is 2.42. The number of ether oxygens (including phenoxy) is 1. The number of carbonyl (C=O) groups is 3. The fourth-order valence-corrected chi connectivity index (χ4v) is 2.86. The summed E-state index contributed by atoms with van der Waals surface area (Å²) in [5.74, 6) is -0.856. The number of rotatable bonds is 3. The molecule has 2 amide bonds. The molecule has 0 spiro atoms. The van der Waals surface area contributed by atoms with Gasteiger partial charge in [0.2, 0.25) is 11.8 Å². The zero-order chi connectivity index (χ0) is 14.6. The van der Waals surface area contributed by atoms with Crippen LogP contribution in [0, 0.1) is 0 Å². The fraction of sp³-hybridized carbons (Fsp3) is 0.636. The molecule has 1 N–H and O–H groups in total. The molecule has 1 atom stereocenters. The number of amidine groups is 1. The minimum Gasteiger partial charge on any atom is -0.469 e. The van der Waals surface area contributed by atoms with Crippen LogP contribution in [0.5, 0.6) is 0 Å². The second kappa shape index (κ2) is 6.05. The normalized spacial score (nSPS) is 21.9. The maximum Gasteiger partial charge on any atom is 0.305 e. The van der Waals surface area contributed by atoms with Crippen LogP contribution in [0.4, 0.5) is 0 Å². The number of nitrogens with one attached hydrogen (secondary N) is 1. The van der Waals surface area contributed by atoms with Gasteiger partial charge in [0.25, 0.3) is 0 Å². The van der Waals surface area contributed by atoms with E-state index in [1.165, 1.54) is 37.7 Å². The van der Waals surface area contributed by atoms with Crippen LogP contribution in [-0.4, -0.2) is 39.9 Å². The van der Waals surface area contributed by atoms with Gasteiger partial charge in [0.15, 0.2) is 5.17 Å². The van der Waals surface area contributed by atoms with Gasteiger partial charge in [-0.2, -0.15) is 0 Å². The summed E-state index contributed by atoms with van der Waals surface area (Å²) in [5.41, 5.74) is 0. The Morgan fingerprint density at radius 2 is 2.05 bits per heavy atom. The third-order valence-corrected chi connectivity index (χ3v) is 3.75. The van der Waals surface area contributed by atoms with E-state index in [1.807, 2.05) is 0 Å². The molecular weight excluding hydrogens is 270 g/mol. The molecule has 0 fully saturated rings. The average Bonchev–Trinajstić information content (AvgIpc) is 2.63. The number of nitrogens with zero attached hydrogens (tertiary/aromatic N) is 2. The number of hydrazone groups is 1. The molecule has 0 aromatic heterocycles. The van der Waals surface area contributed by atoms with Crippen molar-refractivity contribution >= 4 is 34.7 Å². The van der Waals surface area contributed by atoms with Gasteiger partial charge in [-0.25, -0.2) is 5.01 Å². The predicted molar refractivity (Wildman–Crippen MR) is 71.0 cm³/mol. The summed E-state index contributed by atoms with van der Waals surface area (Å²) in [4.78, 5) is 33.1. The summed E-state index contributed by atoms with van der Waals surface area (Å²) in [6.07, 6.45) is 0.559. The van der Waals surface area contributed by atoms with Crippen molar-refractivity contribution in [3.63, 3.8) is 0 Å².